The summed E-state index contributed by atoms with van der Waals surface area (Å²) < 4.78 is 10.7. The zero-order chi connectivity index (χ0) is 15.8. The highest BCUT2D eigenvalue weighted by Crippen LogP contribution is 2.17. The van der Waals surface area contributed by atoms with Crippen molar-refractivity contribution < 1.29 is 9.47 Å². The van der Waals surface area contributed by atoms with E-state index in [0.717, 1.165) is 22.7 Å². The second-order valence-electron chi connectivity index (χ2n) is 4.62. The highest BCUT2D eigenvalue weighted by atomic mass is 32.1. The summed E-state index contributed by atoms with van der Waals surface area (Å²) in [6.45, 7) is 3.23. The number of rotatable bonds is 6. The van der Waals surface area contributed by atoms with Gasteiger partial charge < -0.3 is 20.1 Å². The number of thiocarbonyl (C=S) groups is 1. The Hall–Kier alpha value is -2.27. The summed E-state index contributed by atoms with van der Waals surface area (Å²) in [6, 6.07) is 15.6. The van der Waals surface area contributed by atoms with E-state index in [4.69, 9.17) is 21.7 Å². The molecule has 0 radical (unpaired) electrons. The third kappa shape index (κ3) is 4.93. The average Bonchev–Trinajstić information content (AvgIpc) is 2.54. The van der Waals surface area contributed by atoms with Crippen LogP contribution in [0.15, 0.2) is 48.5 Å². The highest BCUT2D eigenvalue weighted by Gasteiger charge is 2.01. The molecule has 22 heavy (non-hydrogen) atoms. The van der Waals surface area contributed by atoms with Crippen molar-refractivity contribution in [1.29, 1.82) is 0 Å². The first-order valence-corrected chi connectivity index (χ1v) is 7.52. The number of hydrogen-bond acceptors (Lipinski definition) is 3. The second-order valence-corrected chi connectivity index (χ2v) is 5.03. The fourth-order valence-corrected chi connectivity index (χ4v) is 2.16. The number of methoxy groups -OCH3 is 1. The lowest BCUT2D eigenvalue weighted by Crippen LogP contribution is -2.27. The monoisotopic (exact) mass is 316 g/mol. The summed E-state index contributed by atoms with van der Waals surface area (Å²) in [5.74, 6) is 1.66. The zero-order valence-corrected chi connectivity index (χ0v) is 13.6. The summed E-state index contributed by atoms with van der Waals surface area (Å²) in [7, 11) is 1.66. The van der Waals surface area contributed by atoms with E-state index in [9.17, 15) is 0 Å². The van der Waals surface area contributed by atoms with Crippen LogP contribution in [-0.4, -0.2) is 18.8 Å². The van der Waals surface area contributed by atoms with E-state index in [1.807, 2.05) is 55.5 Å². The van der Waals surface area contributed by atoms with Gasteiger partial charge in [0.1, 0.15) is 11.5 Å². The largest absolute Gasteiger partial charge is 0.497 e. The minimum atomic E-state index is 0.566. The van der Waals surface area contributed by atoms with Crippen LogP contribution in [0.2, 0.25) is 0 Å². The van der Waals surface area contributed by atoms with Gasteiger partial charge in [0.15, 0.2) is 5.11 Å². The van der Waals surface area contributed by atoms with E-state index in [1.165, 1.54) is 0 Å². The highest BCUT2D eigenvalue weighted by molar-refractivity contribution is 7.80. The Morgan fingerprint density at radius 2 is 1.86 bits per heavy atom. The molecule has 0 aliphatic heterocycles. The number of anilines is 1. The van der Waals surface area contributed by atoms with Gasteiger partial charge in [-0.05, 0) is 49.0 Å². The molecular weight excluding hydrogens is 296 g/mol. The first-order valence-electron chi connectivity index (χ1n) is 7.12. The van der Waals surface area contributed by atoms with Crippen LogP contribution in [0.5, 0.6) is 11.5 Å². The quantitative estimate of drug-likeness (QED) is 0.797. The van der Waals surface area contributed by atoms with Crippen LogP contribution in [0.3, 0.4) is 0 Å². The van der Waals surface area contributed by atoms with E-state index in [-0.39, 0.29) is 0 Å². The van der Waals surface area contributed by atoms with Crippen molar-refractivity contribution in [2.24, 2.45) is 0 Å². The smallest absolute Gasteiger partial charge is 0.171 e. The number of hydrogen-bond donors (Lipinski definition) is 2. The Kier molecular flexibility index (Phi) is 6.03. The third-order valence-corrected chi connectivity index (χ3v) is 3.24. The van der Waals surface area contributed by atoms with Gasteiger partial charge in [-0.3, -0.25) is 0 Å². The number of benzene rings is 2. The standard InChI is InChI=1S/C17H20N2O2S/c1-3-21-16-9-5-7-14(11-16)19-17(22)18-12-13-6-4-8-15(10-13)20-2/h4-11H,3,12H2,1-2H3,(H2,18,19,22). The minimum absolute atomic E-state index is 0.566. The maximum Gasteiger partial charge on any atom is 0.171 e. The molecule has 0 saturated carbocycles. The zero-order valence-electron chi connectivity index (χ0n) is 12.8. The molecule has 2 N–H and O–H groups in total. The molecule has 0 fully saturated rings. The van der Waals surface area contributed by atoms with Crippen LogP contribution in [0.1, 0.15) is 12.5 Å². The summed E-state index contributed by atoms with van der Waals surface area (Å²) in [4.78, 5) is 0. The molecule has 4 nitrogen and oxygen atoms in total. The van der Waals surface area contributed by atoms with Crippen molar-refractivity contribution in [3.8, 4) is 11.5 Å². The molecule has 2 aromatic carbocycles. The molecule has 0 unspecified atom stereocenters. The Morgan fingerprint density at radius 3 is 2.64 bits per heavy atom. The van der Waals surface area contributed by atoms with Crippen LogP contribution in [0.25, 0.3) is 0 Å². The molecule has 116 valence electrons. The summed E-state index contributed by atoms with van der Waals surface area (Å²) in [5.41, 5.74) is 2.00. The predicted molar refractivity (Wildman–Crippen MR) is 93.7 cm³/mol. The van der Waals surface area contributed by atoms with E-state index in [0.29, 0.717) is 18.3 Å². The summed E-state index contributed by atoms with van der Waals surface area (Å²) in [6.07, 6.45) is 0. The van der Waals surface area contributed by atoms with Crippen LogP contribution in [0, 0.1) is 0 Å². The van der Waals surface area contributed by atoms with E-state index in [1.54, 1.807) is 7.11 Å². The summed E-state index contributed by atoms with van der Waals surface area (Å²) >= 11 is 5.31. The average molecular weight is 316 g/mol. The van der Waals surface area contributed by atoms with Crippen LogP contribution >= 0.6 is 12.2 Å². The van der Waals surface area contributed by atoms with Crippen molar-refractivity contribution in [3.63, 3.8) is 0 Å². The van der Waals surface area contributed by atoms with Gasteiger partial charge in [0.05, 0.1) is 13.7 Å². The molecule has 0 aliphatic carbocycles. The van der Waals surface area contributed by atoms with Gasteiger partial charge in [-0.15, -0.1) is 0 Å². The van der Waals surface area contributed by atoms with Gasteiger partial charge in [-0.1, -0.05) is 18.2 Å². The summed E-state index contributed by atoms with van der Waals surface area (Å²) in [5, 5.41) is 6.89. The molecule has 2 aromatic rings. The van der Waals surface area contributed by atoms with Crippen LogP contribution in [0.4, 0.5) is 5.69 Å². The lowest BCUT2D eigenvalue weighted by Gasteiger charge is -2.12. The van der Waals surface area contributed by atoms with Gasteiger partial charge in [0, 0.05) is 18.3 Å². The number of nitrogens with one attached hydrogen (secondary N) is 2. The van der Waals surface area contributed by atoms with Gasteiger partial charge in [0.25, 0.3) is 0 Å². The topological polar surface area (TPSA) is 42.5 Å². The molecule has 0 aromatic heterocycles. The first kappa shape index (κ1) is 16.1. The van der Waals surface area contributed by atoms with Gasteiger partial charge in [-0.25, -0.2) is 0 Å². The first-order chi connectivity index (χ1) is 10.7. The molecule has 0 spiro atoms. The van der Waals surface area contributed by atoms with Crippen LogP contribution in [-0.2, 0) is 6.54 Å². The Bertz CT molecular complexity index is 632. The predicted octanol–water partition coefficient (Wildman–Crippen LogP) is 3.58. The molecule has 0 saturated heterocycles. The molecule has 2 rings (SSSR count). The van der Waals surface area contributed by atoms with Gasteiger partial charge in [0.2, 0.25) is 0 Å². The molecule has 0 heterocycles. The Morgan fingerprint density at radius 1 is 1.09 bits per heavy atom. The van der Waals surface area contributed by atoms with Crippen molar-refractivity contribution in [2.75, 3.05) is 19.0 Å². The molecular formula is C17H20N2O2S. The van der Waals surface area contributed by atoms with Crippen molar-refractivity contribution in [2.45, 2.75) is 13.5 Å². The van der Waals surface area contributed by atoms with Gasteiger partial charge in [-0.2, -0.15) is 0 Å². The molecule has 5 heteroatoms. The second kappa shape index (κ2) is 8.24. The number of ether oxygens (including phenoxy) is 2. The molecule has 0 atom stereocenters. The SMILES string of the molecule is CCOc1cccc(NC(=S)NCc2cccc(OC)c2)c1. The van der Waals surface area contributed by atoms with E-state index in [2.05, 4.69) is 10.6 Å². The van der Waals surface area contributed by atoms with E-state index >= 15 is 0 Å². The maximum atomic E-state index is 5.47. The van der Waals surface area contributed by atoms with E-state index < -0.39 is 0 Å². The Balaban J connectivity index is 1.88. The maximum absolute atomic E-state index is 5.47. The molecule has 0 bridgehead atoms. The minimum Gasteiger partial charge on any atom is -0.497 e. The molecule has 0 aliphatic rings. The van der Waals surface area contributed by atoms with Gasteiger partial charge >= 0.3 is 0 Å². The Labute approximate surface area is 136 Å². The normalized spacial score (nSPS) is 9.91. The third-order valence-electron chi connectivity index (χ3n) is 2.99. The lowest BCUT2D eigenvalue weighted by atomic mass is 10.2. The van der Waals surface area contributed by atoms with Crippen molar-refractivity contribution in [1.82, 2.24) is 5.32 Å². The van der Waals surface area contributed by atoms with Crippen molar-refractivity contribution >= 4 is 23.0 Å². The van der Waals surface area contributed by atoms with Crippen molar-refractivity contribution in [3.05, 3.63) is 54.1 Å². The lowest BCUT2D eigenvalue weighted by molar-refractivity contribution is 0.340. The fourth-order valence-electron chi connectivity index (χ4n) is 1.97. The van der Waals surface area contributed by atoms with Crippen LogP contribution < -0.4 is 20.1 Å². The molecule has 0 amide bonds. The fraction of sp³-hybridized carbons (Fsp3) is 0.235.